The van der Waals surface area contributed by atoms with Crippen molar-refractivity contribution in [3.63, 3.8) is 0 Å². The summed E-state index contributed by atoms with van der Waals surface area (Å²) in [6.07, 6.45) is 0. The lowest BCUT2D eigenvalue weighted by Crippen LogP contribution is -1.98. The van der Waals surface area contributed by atoms with Gasteiger partial charge in [-0.05, 0) is 13.0 Å². The van der Waals surface area contributed by atoms with Gasteiger partial charge < -0.3 is 9.47 Å². The van der Waals surface area contributed by atoms with E-state index in [4.69, 9.17) is 9.47 Å². The minimum atomic E-state index is -0.488. The molecule has 1 aromatic carbocycles. The summed E-state index contributed by atoms with van der Waals surface area (Å²) in [4.78, 5) is 10.1. The van der Waals surface area contributed by atoms with Crippen LogP contribution in [0.15, 0.2) is 18.2 Å². The van der Waals surface area contributed by atoms with E-state index >= 15 is 0 Å². The summed E-state index contributed by atoms with van der Waals surface area (Å²) in [6.45, 7) is 1.86. The molecule has 0 bridgehead atoms. The van der Waals surface area contributed by atoms with Gasteiger partial charge in [-0.3, -0.25) is 10.1 Å². The van der Waals surface area contributed by atoms with Crippen LogP contribution in [0.1, 0.15) is 6.92 Å². The summed E-state index contributed by atoms with van der Waals surface area (Å²) in [5.74, 6) is 6.13. The molecule has 0 saturated carbocycles. The van der Waals surface area contributed by atoms with Crippen molar-refractivity contribution in [3.05, 3.63) is 28.3 Å². The predicted molar refractivity (Wildman–Crippen MR) is 58.6 cm³/mol. The largest absolute Gasteiger partial charge is 0.493 e. The van der Waals surface area contributed by atoms with Crippen LogP contribution >= 0.6 is 0 Å². The molecule has 16 heavy (non-hydrogen) atoms. The molecule has 0 atom stereocenters. The van der Waals surface area contributed by atoms with E-state index in [9.17, 15) is 10.1 Å². The maximum absolute atomic E-state index is 10.6. The number of rotatable bonds is 4. The Kier molecular flexibility index (Phi) is 4.16. The Balaban J connectivity index is 2.95. The zero-order chi connectivity index (χ0) is 12.0. The van der Waals surface area contributed by atoms with Gasteiger partial charge in [0.1, 0.15) is 6.61 Å². The van der Waals surface area contributed by atoms with Crippen LogP contribution in [0.4, 0.5) is 5.69 Å². The van der Waals surface area contributed by atoms with Crippen LogP contribution in [0.3, 0.4) is 0 Å². The first kappa shape index (κ1) is 11.9. The van der Waals surface area contributed by atoms with E-state index in [1.807, 2.05) is 0 Å². The number of benzene rings is 1. The average Bonchev–Trinajstić information content (AvgIpc) is 2.29. The maximum Gasteiger partial charge on any atom is 0.273 e. The van der Waals surface area contributed by atoms with Crippen molar-refractivity contribution >= 4 is 5.69 Å². The number of hydrogen-bond acceptors (Lipinski definition) is 4. The SMILES string of the molecule is CC#CCOc1cc([N+](=O)[O-])ccc1OC. The Labute approximate surface area is 93.1 Å². The van der Waals surface area contributed by atoms with Crippen LogP contribution in [-0.4, -0.2) is 18.6 Å². The number of nitro benzene ring substituents is 1. The number of nitro groups is 1. The van der Waals surface area contributed by atoms with Crippen molar-refractivity contribution < 1.29 is 14.4 Å². The van der Waals surface area contributed by atoms with Crippen molar-refractivity contribution in [2.24, 2.45) is 0 Å². The first-order valence-corrected chi connectivity index (χ1v) is 4.54. The lowest BCUT2D eigenvalue weighted by atomic mass is 10.3. The van der Waals surface area contributed by atoms with Gasteiger partial charge in [0, 0.05) is 6.07 Å². The number of nitrogens with zero attached hydrogens (tertiary/aromatic N) is 1. The number of non-ortho nitro benzene ring substituents is 1. The molecule has 0 fully saturated rings. The molecule has 0 aliphatic heterocycles. The Morgan fingerprint density at radius 1 is 1.44 bits per heavy atom. The first-order chi connectivity index (χ1) is 7.69. The summed E-state index contributed by atoms with van der Waals surface area (Å²) in [7, 11) is 1.47. The molecule has 5 nitrogen and oxygen atoms in total. The molecule has 0 spiro atoms. The Hall–Kier alpha value is -2.22. The number of hydrogen-bond donors (Lipinski definition) is 0. The molecule has 0 unspecified atom stereocenters. The molecule has 0 heterocycles. The second-order valence-corrected chi connectivity index (χ2v) is 2.81. The molecule has 0 N–H and O–H groups in total. The highest BCUT2D eigenvalue weighted by atomic mass is 16.6. The van der Waals surface area contributed by atoms with E-state index in [1.165, 1.54) is 25.3 Å². The number of ether oxygens (including phenoxy) is 2. The topological polar surface area (TPSA) is 61.6 Å². The van der Waals surface area contributed by atoms with E-state index in [1.54, 1.807) is 6.92 Å². The molecule has 5 heteroatoms. The highest BCUT2D eigenvalue weighted by molar-refractivity contribution is 5.48. The molecular weight excluding hydrogens is 210 g/mol. The predicted octanol–water partition coefficient (Wildman–Crippen LogP) is 2.01. The molecule has 0 aliphatic carbocycles. The maximum atomic E-state index is 10.6. The van der Waals surface area contributed by atoms with Crippen LogP contribution < -0.4 is 9.47 Å². The first-order valence-electron chi connectivity index (χ1n) is 4.54. The monoisotopic (exact) mass is 221 g/mol. The third-order valence-electron chi connectivity index (χ3n) is 1.83. The Morgan fingerprint density at radius 3 is 2.75 bits per heavy atom. The van der Waals surface area contributed by atoms with E-state index in [0.29, 0.717) is 11.5 Å². The van der Waals surface area contributed by atoms with Crippen LogP contribution in [0.25, 0.3) is 0 Å². The van der Waals surface area contributed by atoms with Crippen LogP contribution in [0.2, 0.25) is 0 Å². The Morgan fingerprint density at radius 2 is 2.19 bits per heavy atom. The summed E-state index contributed by atoms with van der Waals surface area (Å²) in [5.41, 5.74) is -0.0414. The van der Waals surface area contributed by atoms with Crippen molar-refractivity contribution in [2.45, 2.75) is 6.92 Å². The molecule has 0 radical (unpaired) electrons. The minimum Gasteiger partial charge on any atom is -0.493 e. The Bertz CT molecular complexity index is 445. The molecule has 0 amide bonds. The zero-order valence-electron chi connectivity index (χ0n) is 9.02. The normalized spacial score (nSPS) is 8.88. The lowest BCUT2D eigenvalue weighted by Gasteiger charge is -2.07. The van der Waals surface area contributed by atoms with Crippen molar-refractivity contribution in [3.8, 4) is 23.3 Å². The quantitative estimate of drug-likeness (QED) is 0.443. The summed E-state index contributed by atoms with van der Waals surface area (Å²) >= 11 is 0. The second-order valence-electron chi connectivity index (χ2n) is 2.81. The molecule has 0 aliphatic rings. The average molecular weight is 221 g/mol. The van der Waals surface area contributed by atoms with E-state index in [0.717, 1.165) is 0 Å². The van der Waals surface area contributed by atoms with Gasteiger partial charge in [0.15, 0.2) is 11.5 Å². The van der Waals surface area contributed by atoms with Crippen LogP contribution in [0, 0.1) is 22.0 Å². The fourth-order valence-corrected chi connectivity index (χ4v) is 1.08. The fraction of sp³-hybridized carbons (Fsp3) is 0.273. The van der Waals surface area contributed by atoms with Crippen molar-refractivity contribution in [1.82, 2.24) is 0 Å². The molecular formula is C11H11NO4. The number of methoxy groups -OCH3 is 1. The summed E-state index contributed by atoms with van der Waals surface area (Å²) < 4.78 is 10.3. The van der Waals surface area contributed by atoms with Gasteiger partial charge in [0.05, 0.1) is 18.1 Å². The van der Waals surface area contributed by atoms with Gasteiger partial charge in [0.25, 0.3) is 5.69 Å². The van der Waals surface area contributed by atoms with Crippen LogP contribution in [-0.2, 0) is 0 Å². The molecule has 0 saturated heterocycles. The van der Waals surface area contributed by atoms with Gasteiger partial charge in [-0.15, -0.1) is 5.92 Å². The lowest BCUT2D eigenvalue weighted by molar-refractivity contribution is -0.385. The molecule has 1 aromatic rings. The van der Waals surface area contributed by atoms with Crippen molar-refractivity contribution in [1.29, 1.82) is 0 Å². The van der Waals surface area contributed by atoms with E-state index in [-0.39, 0.29) is 12.3 Å². The van der Waals surface area contributed by atoms with Gasteiger partial charge in [-0.1, -0.05) is 5.92 Å². The third kappa shape index (κ3) is 2.89. The van der Waals surface area contributed by atoms with Gasteiger partial charge in [-0.25, -0.2) is 0 Å². The zero-order valence-corrected chi connectivity index (χ0v) is 9.02. The second kappa shape index (κ2) is 5.61. The van der Waals surface area contributed by atoms with Crippen LogP contribution in [0.5, 0.6) is 11.5 Å². The van der Waals surface area contributed by atoms with Gasteiger partial charge in [-0.2, -0.15) is 0 Å². The highest BCUT2D eigenvalue weighted by Crippen LogP contribution is 2.30. The molecule has 0 aromatic heterocycles. The third-order valence-corrected chi connectivity index (χ3v) is 1.83. The smallest absolute Gasteiger partial charge is 0.273 e. The van der Waals surface area contributed by atoms with Crippen molar-refractivity contribution in [2.75, 3.05) is 13.7 Å². The van der Waals surface area contributed by atoms with Gasteiger partial charge >= 0.3 is 0 Å². The highest BCUT2D eigenvalue weighted by Gasteiger charge is 2.11. The minimum absolute atomic E-state index is 0.0414. The molecule has 1 rings (SSSR count). The van der Waals surface area contributed by atoms with E-state index < -0.39 is 4.92 Å². The van der Waals surface area contributed by atoms with Gasteiger partial charge in [0.2, 0.25) is 0 Å². The van der Waals surface area contributed by atoms with E-state index in [2.05, 4.69) is 11.8 Å². The summed E-state index contributed by atoms with van der Waals surface area (Å²) in [5, 5.41) is 10.6. The standard InChI is InChI=1S/C11H11NO4/c1-3-4-7-16-11-8-9(12(13)14)5-6-10(11)15-2/h5-6,8H,7H2,1-2H3. The fourth-order valence-electron chi connectivity index (χ4n) is 1.08. The summed E-state index contributed by atoms with van der Waals surface area (Å²) in [6, 6.07) is 4.17. The molecule has 84 valence electrons.